The average molecular weight is 338 g/mol. The molecule has 0 N–H and O–H groups in total. The van der Waals surface area contributed by atoms with E-state index in [0.717, 1.165) is 12.0 Å². The van der Waals surface area contributed by atoms with Crippen molar-refractivity contribution >= 4 is 0 Å². The Labute approximate surface area is 90.6 Å². The number of nitrogens with zero attached hydrogens (tertiary/aromatic N) is 2. The molecule has 2 saturated heterocycles. The molecule has 0 saturated carbocycles. The fourth-order valence-corrected chi connectivity index (χ4v) is 1.99. The average Bonchev–Trinajstić information content (AvgIpc) is 2.31. The van der Waals surface area contributed by atoms with Gasteiger partial charge in [-0.1, -0.05) is 0 Å². The van der Waals surface area contributed by atoms with Gasteiger partial charge < -0.3 is 16.7 Å². The number of fused-ring (bicyclic) bond motifs is 1. The predicted molar refractivity (Wildman–Crippen MR) is 47.9 cm³/mol. The third-order valence-electron chi connectivity index (χ3n) is 2.57. The van der Waals surface area contributed by atoms with Crippen LogP contribution < -0.4 is 0 Å². The minimum absolute atomic E-state index is 0. The van der Waals surface area contributed by atoms with E-state index < -0.39 is 0 Å². The molecular formula is C9H18N2W. The maximum absolute atomic E-state index is 3.92. The maximum Gasteiger partial charge on any atom is 2.00 e. The minimum atomic E-state index is 0. The Morgan fingerprint density at radius 1 is 1.17 bits per heavy atom. The zero-order valence-corrected chi connectivity index (χ0v) is 10.9. The van der Waals surface area contributed by atoms with E-state index in [9.17, 15) is 0 Å². The van der Waals surface area contributed by atoms with Gasteiger partial charge in [-0.15, -0.1) is 0 Å². The van der Waals surface area contributed by atoms with Crippen LogP contribution in [-0.2, 0) is 21.1 Å². The van der Waals surface area contributed by atoms with Gasteiger partial charge in [0, 0.05) is 12.6 Å². The first-order valence-corrected chi connectivity index (χ1v) is 4.24. The largest absolute Gasteiger partial charge is 2.00 e. The van der Waals surface area contributed by atoms with Gasteiger partial charge >= 0.3 is 21.1 Å². The summed E-state index contributed by atoms with van der Waals surface area (Å²) in [4.78, 5) is 4.59. The molecule has 0 amide bonds. The van der Waals surface area contributed by atoms with Gasteiger partial charge in [-0.2, -0.15) is 6.92 Å². The Hall–Kier alpha value is 0.608. The van der Waals surface area contributed by atoms with Crippen molar-refractivity contribution in [2.75, 3.05) is 26.7 Å². The van der Waals surface area contributed by atoms with Crippen molar-refractivity contribution in [3.63, 3.8) is 0 Å². The van der Waals surface area contributed by atoms with E-state index in [4.69, 9.17) is 0 Å². The summed E-state index contributed by atoms with van der Waals surface area (Å²) in [6.07, 6.45) is 0. The molecular weight excluding hydrogens is 320 g/mol. The number of likely N-dealkylation sites (tertiary alicyclic amines) is 2. The van der Waals surface area contributed by atoms with E-state index in [1.807, 2.05) is 0 Å². The number of likely N-dealkylation sites (N-methyl/N-ethyl adjacent to an activating group) is 1. The van der Waals surface area contributed by atoms with Gasteiger partial charge in [0.05, 0.1) is 0 Å². The minimum Gasteiger partial charge on any atom is -0.458 e. The summed E-state index contributed by atoms with van der Waals surface area (Å²) in [5, 5.41) is 0. The molecule has 0 aliphatic carbocycles. The summed E-state index contributed by atoms with van der Waals surface area (Å²) in [5.41, 5.74) is 0. The van der Waals surface area contributed by atoms with Gasteiger partial charge in [0.1, 0.15) is 0 Å². The molecule has 0 spiro atoms. The molecule has 2 heterocycles. The SMILES string of the molecule is [CH2-]C.[CH2-]N1CC2CN(C)C2C1.[W+2]. The normalized spacial score (nSPS) is 34.0. The molecule has 2 aliphatic heterocycles. The van der Waals surface area contributed by atoms with Crippen molar-refractivity contribution in [1.29, 1.82) is 0 Å². The van der Waals surface area contributed by atoms with Gasteiger partial charge in [0.2, 0.25) is 0 Å². The Balaban J connectivity index is 0.000000378. The van der Waals surface area contributed by atoms with Crippen LogP contribution in [0, 0.1) is 19.9 Å². The van der Waals surface area contributed by atoms with E-state index >= 15 is 0 Å². The first kappa shape index (κ1) is 12.6. The quantitative estimate of drug-likeness (QED) is 0.605. The molecule has 2 rings (SSSR count). The van der Waals surface area contributed by atoms with Crippen molar-refractivity contribution in [3.8, 4) is 0 Å². The first-order chi connectivity index (χ1) is 5.27. The molecule has 0 aromatic heterocycles. The molecule has 0 aromatic carbocycles. The molecule has 2 unspecified atom stereocenters. The first-order valence-electron chi connectivity index (χ1n) is 4.24. The third-order valence-corrected chi connectivity index (χ3v) is 2.57. The van der Waals surface area contributed by atoms with Crippen LogP contribution in [0.25, 0.3) is 0 Å². The standard InChI is InChI=1S/C7H13N2.C2H5.W/c1-8-3-6-4-9(2)7(6)5-8;1-2;/h6-7H,1,3-5H2,2H3;1H2,2H3;/q2*-1;+2. The van der Waals surface area contributed by atoms with Gasteiger partial charge in [0.25, 0.3) is 0 Å². The van der Waals surface area contributed by atoms with Crippen LogP contribution in [0.5, 0.6) is 0 Å². The summed E-state index contributed by atoms with van der Waals surface area (Å²) < 4.78 is 0. The summed E-state index contributed by atoms with van der Waals surface area (Å²) >= 11 is 0. The zero-order chi connectivity index (χ0) is 8.43. The fraction of sp³-hybridized carbons (Fsp3) is 0.778. The van der Waals surface area contributed by atoms with Crippen molar-refractivity contribution in [2.45, 2.75) is 13.0 Å². The summed E-state index contributed by atoms with van der Waals surface area (Å²) in [6, 6.07) is 0.836. The summed E-state index contributed by atoms with van der Waals surface area (Å²) in [7, 11) is 6.11. The van der Waals surface area contributed by atoms with Gasteiger partial charge in [0.15, 0.2) is 0 Å². The van der Waals surface area contributed by atoms with Crippen molar-refractivity contribution < 1.29 is 21.1 Å². The second-order valence-electron chi connectivity index (χ2n) is 3.30. The Kier molecular flexibility index (Phi) is 5.63. The second kappa shape index (κ2) is 5.36. The topological polar surface area (TPSA) is 6.48 Å². The molecule has 0 radical (unpaired) electrons. The van der Waals surface area contributed by atoms with Gasteiger partial charge in [-0.3, -0.25) is 7.05 Å². The van der Waals surface area contributed by atoms with Crippen molar-refractivity contribution in [2.24, 2.45) is 5.92 Å². The molecule has 2 nitrogen and oxygen atoms in total. The number of hydrogen-bond donors (Lipinski definition) is 0. The van der Waals surface area contributed by atoms with Crippen LogP contribution in [0.4, 0.5) is 0 Å². The number of rotatable bonds is 0. The van der Waals surface area contributed by atoms with Crippen LogP contribution in [0.15, 0.2) is 0 Å². The molecule has 12 heavy (non-hydrogen) atoms. The van der Waals surface area contributed by atoms with Crippen LogP contribution in [0.2, 0.25) is 0 Å². The maximum atomic E-state index is 3.92. The van der Waals surface area contributed by atoms with Gasteiger partial charge in [-0.05, 0) is 26.1 Å². The van der Waals surface area contributed by atoms with E-state index in [2.05, 4.69) is 30.8 Å². The van der Waals surface area contributed by atoms with Crippen LogP contribution in [-0.4, -0.2) is 42.5 Å². The molecule has 2 atom stereocenters. The summed E-state index contributed by atoms with van der Waals surface area (Å²) in [5.74, 6) is 0.937. The molecule has 2 fully saturated rings. The Morgan fingerprint density at radius 2 is 1.75 bits per heavy atom. The summed E-state index contributed by atoms with van der Waals surface area (Å²) in [6.45, 7) is 8.69. The predicted octanol–water partition coefficient (Wildman–Crippen LogP) is 0.862. The zero-order valence-electron chi connectivity index (χ0n) is 7.99. The van der Waals surface area contributed by atoms with Crippen LogP contribution in [0.3, 0.4) is 0 Å². The van der Waals surface area contributed by atoms with E-state index in [0.29, 0.717) is 0 Å². The molecule has 3 heteroatoms. The van der Waals surface area contributed by atoms with Crippen LogP contribution >= 0.6 is 0 Å². The Bertz CT molecular complexity index is 130. The monoisotopic (exact) mass is 338 g/mol. The van der Waals surface area contributed by atoms with E-state index in [-0.39, 0.29) is 21.1 Å². The molecule has 70 valence electrons. The van der Waals surface area contributed by atoms with Crippen LogP contribution in [0.1, 0.15) is 6.92 Å². The van der Waals surface area contributed by atoms with Crippen molar-refractivity contribution in [1.82, 2.24) is 9.80 Å². The smallest absolute Gasteiger partial charge is 0.458 e. The number of hydrogen-bond acceptors (Lipinski definition) is 2. The van der Waals surface area contributed by atoms with E-state index in [1.54, 1.807) is 6.92 Å². The third kappa shape index (κ3) is 2.31. The molecule has 0 aromatic rings. The van der Waals surface area contributed by atoms with E-state index in [1.165, 1.54) is 19.6 Å². The van der Waals surface area contributed by atoms with Crippen molar-refractivity contribution in [3.05, 3.63) is 14.0 Å². The molecule has 0 bridgehead atoms. The van der Waals surface area contributed by atoms with Gasteiger partial charge in [-0.25, -0.2) is 0 Å². The second-order valence-corrected chi connectivity index (χ2v) is 3.30. The molecule has 2 aliphatic rings. The Morgan fingerprint density at radius 3 is 2.08 bits per heavy atom. The fourth-order valence-electron chi connectivity index (χ4n) is 1.99.